The number of halogens is 2. The maximum Gasteiger partial charge on any atom is 0.346 e. The third-order valence-corrected chi connectivity index (χ3v) is 4.30. The van der Waals surface area contributed by atoms with Crippen molar-refractivity contribution < 1.29 is 18.7 Å². The summed E-state index contributed by atoms with van der Waals surface area (Å²) in [6.07, 6.45) is 0. The molecule has 0 unspecified atom stereocenters. The Morgan fingerprint density at radius 2 is 1.86 bits per heavy atom. The van der Waals surface area contributed by atoms with E-state index in [9.17, 15) is 18.7 Å². The molecule has 0 fully saturated rings. The lowest BCUT2D eigenvalue weighted by Crippen LogP contribution is -2.21. The number of rotatable bonds is 5. The lowest BCUT2D eigenvalue weighted by atomic mass is 10.2. The third-order valence-electron chi connectivity index (χ3n) is 2.91. The van der Waals surface area contributed by atoms with Gasteiger partial charge in [-0.1, -0.05) is 35.9 Å². The van der Waals surface area contributed by atoms with Gasteiger partial charge in [0.15, 0.2) is 0 Å². The lowest BCUT2D eigenvalue weighted by Gasteiger charge is -2.20. The van der Waals surface area contributed by atoms with Gasteiger partial charge in [-0.15, -0.1) is 0 Å². The molecule has 0 aliphatic heterocycles. The monoisotopic (exact) mass is 329 g/mol. The van der Waals surface area contributed by atoms with Crippen LogP contribution >= 0.6 is 19.2 Å². The highest BCUT2D eigenvalue weighted by Crippen LogP contribution is 2.50. The molecule has 3 N–H and O–H groups in total. The van der Waals surface area contributed by atoms with Crippen molar-refractivity contribution in [2.45, 2.75) is 12.3 Å². The van der Waals surface area contributed by atoms with Gasteiger partial charge in [0.25, 0.3) is 0 Å². The van der Waals surface area contributed by atoms with E-state index in [4.69, 9.17) is 11.6 Å². The Kier molecular flexibility index (Phi) is 5.14. The molecule has 2 rings (SSSR count). The van der Waals surface area contributed by atoms with Crippen LogP contribution in [0.5, 0.6) is 0 Å². The fourth-order valence-corrected chi connectivity index (χ4v) is 3.00. The standard InChI is InChI=1S/C14H14ClFNO3P/c15-12-3-1-2-11(8-12)14(21(18,19)20)17-9-10-4-6-13(16)7-5-10/h1-8,14,17H,9H2,(H2,18,19,20)/t14-/m0/s1. The lowest BCUT2D eigenvalue weighted by molar-refractivity contribution is 0.347. The molecule has 0 amide bonds. The minimum Gasteiger partial charge on any atom is -0.323 e. The third kappa shape index (κ3) is 4.63. The largest absolute Gasteiger partial charge is 0.346 e. The molecule has 112 valence electrons. The van der Waals surface area contributed by atoms with E-state index in [-0.39, 0.29) is 12.4 Å². The minimum absolute atomic E-state index is 0.197. The first kappa shape index (κ1) is 16.1. The van der Waals surface area contributed by atoms with Crippen LogP contribution in [0.4, 0.5) is 4.39 Å². The Morgan fingerprint density at radius 3 is 2.43 bits per heavy atom. The van der Waals surface area contributed by atoms with Gasteiger partial charge in [0.05, 0.1) is 0 Å². The molecule has 7 heteroatoms. The fourth-order valence-electron chi connectivity index (χ4n) is 1.92. The average molecular weight is 330 g/mol. The van der Waals surface area contributed by atoms with E-state index in [1.165, 1.54) is 18.2 Å². The van der Waals surface area contributed by atoms with Gasteiger partial charge in [0, 0.05) is 11.6 Å². The second-order valence-corrected chi connectivity index (χ2v) is 6.69. The Bertz CT molecular complexity index is 660. The summed E-state index contributed by atoms with van der Waals surface area (Å²) in [4.78, 5) is 19.0. The molecule has 21 heavy (non-hydrogen) atoms. The minimum atomic E-state index is -4.41. The predicted molar refractivity (Wildman–Crippen MR) is 79.5 cm³/mol. The molecule has 2 aromatic carbocycles. The van der Waals surface area contributed by atoms with E-state index in [0.29, 0.717) is 10.6 Å². The SMILES string of the molecule is O=P(O)(O)[C@H](NCc1ccc(F)cc1)c1cccc(Cl)c1. The summed E-state index contributed by atoms with van der Waals surface area (Å²) in [5.41, 5.74) is 1.12. The molecule has 0 saturated heterocycles. The summed E-state index contributed by atoms with van der Waals surface area (Å²) in [7, 11) is -4.41. The van der Waals surface area contributed by atoms with Crippen LogP contribution in [0.1, 0.15) is 16.9 Å². The zero-order chi connectivity index (χ0) is 15.5. The van der Waals surface area contributed by atoms with Gasteiger partial charge in [-0.3, -0.25) is 9.88 Å². The maximum atomic E-state index is 12.8. The molecular formula is C14H14ClFNO3P. The van der Waals surface area contributed by atoms with Crippen molar-refractivity contribution in [2.24, 2.45) is 0 Å². The number of hydrogen-bond donors (Lipinski definition) is 3. The Labute approximate surface area is 126 Å². The van der Waals surface area contributed by atoms with Gasteiger partial charge in [-0.05, 0) is 35.4 Å². The number of hydrogen-bond acceptors (Lipinski definition) is 2. The van der Waals surface area contributed by atoms with Crippen LogP contribution in [-0.2, 0) is 11.1 Å². The van der Waals surface area contributed by atoms with Gasteiger partial charge in [-0.25, -0.2) is 4.39 Å². The van der Waals surface area contributed by atoms with E-state index >= 15 is 0 Å². The van der Waals surface area contributed by atoms with Crippen molar-refractivity contribution in [3.05, 3.63) is 70.5 Å². The highest BCUT2D eigenvalue weighted by molar-refractivity contribution is 7.52. The van der Waals surface area contributed by atoms with Gasteiger partial charge in [-0.2, -0.15) is 0 Å². The summed E-state index contributed by atoms with van der Waals surface area (Å²) < 4.78 is 24.5. The summed E-state index contributed by atoms with van der Waals surface area (Å²) in [5.74, 6) is -1.53. The van der Waals surface area contributed by atoms with Crippen LogP contribution in [0.3, 0.4) is 0 Å². The zero-order valence-electron chi connectivity index (χ0n) is 10.9. The second-order valence-electron chi connectivity index (χ2n) is 4.55. The summed E-state index contributed by atoms with van der Waals surface area (Å²) in [5, 5.41) is 3.19. The Hall–Kier alpha value is -1.23. The van der Waals surface area contributed by atoms with Crippen molar-refractivity contribution in [1.29, 1.82) is 0 Å². The van der Waals surface area contributed by atoms with Gasteiger partial charge < -0.3 is 9.79 Å². The molecule has 0 aliphatic rings. The first-order chi connectivity index (χ1) is 9.86. The van der Waals surface area contributed by atoms with E-state index in [2.05, 4.69) is 5.32 Å². The summed E-state index contributed by atoms with van der Waals surface area (Å²) >= 11 is 5.85. The Morgan fingerprint density at radius 1 is 1.19 bits per heavy atom. The van der Waals surface area contributed by atoms with Crippen molar-refractivity contribution in [2.75, 3.05) is 0 Å². The highest BCUT2D eigenvalue weighted by Gasteiger charge is 2.30. The Balaban J connectivity index is 2.18. The smallest absolute Gasteiger partial charge is 0.323 e. The quantitative estimate of drug-likeness (QED) is 0.735. The van der Waals surface area contributed by atoms with Crippen LogP contribution in [0.25, 0.3) is 0 Å². The second kappa shape index (κ2) is 6.69. The highest BCUT2D eigenvalue weighted by atomic mass is 35.5. The van der Waals surface area contributed by atoms with Crippen molar-refractivity contribution in [1.82, 2.24) is 5.32 Å². The molecule has 0 bridgehead atoms. The molecule has 0 spiro atoms. The molecule has 0 radical (unpaired) electrons. The first-order valence-corrected chi connectivity index (χ1v) is 8.21. The van der Waals surface area contributed by atoms with Gasteiger partial charge in [0.1, 0.15) is 11.6 Å². The molecular weight excluding hydrogens is 316 g/mol. The van der Waals surface area contributed by atoms with E-state index in [1.54, 1.807) is 30.3 Å². The van der Waals surface area contributed by atoms with Crippen molar-refractivity contribution in [3.63, 3.8) is 0 Å². The first-order valence-electron chi connectivity index (χ1n) is 6.15. The molecule has 0 aromatic heterocycles. The number of benzene rings is 2. The fraction of sp³-hybridized carbons (Fsp3) is 0.143. The van der Waals surface area contributed by atoms with E-state index in [1.807, 2.05) is 0 Å². The molecule has 0 heterocycles. The average Bonchev–Trinajstić information content (AvgIpc) is 2.40. The van der Waals surface area contributed by atoms with Gasteiger partial charge in [0.2, 0.25) is 0 Å². The van der Waals surface area contributed by atoms with Gasteiger partial charge >= 0.3 is 7.60 Å². The summed E-state index contributed by atoms with van der Waals surface area (Å²) in [6, 6.07) is 12.0. The molecule has 1 atom stereocenters. The van der Waals surface area contributed by atoms with Crippen LogP contribution in [0, 0.1) is 5.82 Å². The van der Waals surface area contributed by atoms with Crippen LogP contribution in [-0.4, -0.2) is 9.79 Å². The molecule has 0 aliphatic carbocycles. The molecule has 2 aromatic rings. The van der Waals surface area contributed by atoms with E-state index in [0.717, 1.165) is 5.56 Å². The maximum absolute atomic E-state index is 12.8. The van der Waals surface area contributed by atoms with E-state index < -0.39 is 13.4 Å². The van der Waals surface area contributed by atoms with Crippen LogP contribution in [0.15, 0.2) is 48.5 Å². The normalized spacial score (nSPS) is 13.1. The predicted octanol–water partition coefficient (Wildman–Crippen LogP) is 3.45. The molecule has 0 saturated carbocycles. The topological polar surface area (TPSA) is 69.6 Å². The van der Waals surface area contributed by atoms with Crippen molar-refractivity contribution >= 4 is 19.2 Å². The van der Waals surface area contributed by atoms with Crippen molar-refractivity contribution in [3.8, 4) is 0 Å². The molecule has 4 nitrogen and oxygen atoms in total. The zero-order valence-corrected chi connectivity index (χ0v) is 12.6. The van der Waals surface area contributed by atoms with Crippen LogP contribution in [0.2, 0.25) is 5.02 Å². The summed E-state index contributed by atoms with van der Waals surface area (Å²) in [6.45, 7) is 0.197. The van der Waals surface area contributed by atoms with Crippen LogP contribution < -0.4 is 5.32 Å². The number of nitrogens with one attached hydrogen (secondary N) is 1.